The first-order valence-corrected chi connectivity index (χ1v) is 12.3. The van der Waals surface area contributed by atoms with Crippen molar-refractivity contribution in [2.75, 3.05) is 26.2 Å². The number of hydrogen-bond acceptors (Lipinski definition) is 5. The van der Waals surface area contributed by atoms with Crippen LogP contribution < -0.4 is 0 Å². The Hall–Kier alpha value is -1.70. The molecule has 0 N–H and O–H groups in total. The van der Waals surface area contributed by atoms with Crippen LogP contribution in [0.25, 0.3) is 0 Å². The average Bonchev–Trinajstić information content (AvgIpc) is 3.29. The Bertz CT molecular complexity index is 924. The zero-order chi connectivity index (χ0) is 20.4. The maximum Gasteiger partial charge on any atom is 0.228 e. The summed E-state index contributed by atoms with van der Waals surface area (Å²) in [6, 6.07) is 10.0. The van der Waals surface area contributed by atoms with Gasteiger partial charge < -0.3 is 4.57 Å². The van der Waals surface area contributed by atoms with Crippen LogP contribution in [0.5, 0.6) is 0 Å². The summed E-state index contributed by atoms with van der Waals surface area (Å²) in [6.45, 7) is 10.1. The molecule has 6 nitrogen and oxygen atoms in total. The summed E-state index contributed by atoms with van der Waals surface area (Å²) in [6.07, 6.45) is 4.35. The maximum atomic E-state index is 13.2. The Balaban J connectivity index is 1.56. The largest absolute Gasteiger partial charge is 0.317 e. The molecule has 2 fully saturated rings. The molecular formula is C22H32N4O2S. The van der Waals surface area contributed by atoms with Gasteiger partial charge in [0, 0.05) is 38.8 Å². The Kier molecular flexibility index (Phi) is 6.08. The van der Waals surface area contributed by atoms with Crippen LogP contribution in [0, 0.1) is 5.92 Å². The molecule has 0 spiro atoms. The van der Waals surface area contributed by atoms with Crippen molar-refractivity contribution in [3.63, 3.8) is 0 Å². The molecule has 3 heterocycles. The molecular weight excluding hydrogens is 384 g/mol. The molecule has 158 valence electrons. The second-order valence-corrected chi connectivity index (χ2v) is 10.7. The quantitative estimate of drug-likeness (QED) is 0.695. The molecule has 2 aromatic rings. The molecule has 4 rings (SSSR count). The molecule has 2 saturated heterocycles. The predicted octanol–water partition coefficient (Wildman–Crippen LogP) is 2.79. The molecule has 2 aliphatic rings. The van der Waals surface area contributed by atoms with Gasteiger partial charge in [-0.1, -0.05) is 44.2 Å². The second kappa shape index (κ2) is 8.58. The van der Waals surface area contributed by atoms with E-state index in [1.807, 2.05) is 34.9 Å². The van der Waals surface area contributed by atoms with Crippen LogP contribution in [0.1, 0.15) is 37.9 Å². The number of nitrogens with zero attached hydrogens (tertiary/aromatic N) is 4. The first-order chi connectivity index (χ1) is 13.9. The minimum Gasteiger partial charge on any atom is -0.317 e. The van der Waals surface area contributed by atoms with Gasteiger partial charge in [0.25, 0.3) is 0 Å². The van der Waals surface area contributed by atoms with Gasteiger partial charge in [-0.2, -0.15) is 0 Å². The third-order valence-electron chi connectivity index (χ3n) is 5.98. The average molecular weight is 417 g/mol. The van der Waals surface area contributed by atoms with Gasteiger partial charge in [0.05, 0.1) is 17.6 Å². The fourth-order valence-electron chi connectivity index (χ4n) is 4.61. The molecule has 0 aliphatic carbocycles. The molecule has 1 aromatic heterocycles. The molecule has 1 aromatic carbocycles. The molecule has 29 heavy (non-hydrogen) atoms. The van der Waals surface area contributed by atoms with Crippen LogP contribution in [0.3, 0.4) is 0 Å². The summed E-state index contributed by atoms with van der Waals surface area (Å²) >= 11 is 0. The highest BCUT2D eigenvalue weighted by molar-refractivity contribution is 7.90. The lowest BCUT2D eigenvalue weighted by molar-refractivity contribution is 0.0972. The van der Waals surface area contributed by atoms with Gasteiger partial charge in [0.15, 0.2) is 0 Å². The van der Waals surface area contributed by atoms with Gasteiger partial charge >= 0.3 is 0 Å². The number of hydrogen-bond donors (Lipinski definition) is 0. The van der Waals surface area contributed by atoms with E-state index in [4.69, 9.17) is 0 Å². The van der Waals surface area contributed by atoms with Gasteiger partial charge in [-0.25, -0.2) is 13.4 Å². The fraction of sp³-hybridized carbons (Fsp3) is 0.591. The lowest BCUT2D eigenvalue weighted by Crippen LogP contribution is -2.49. The zero-order valence-electron chi connectivity index (χ0n) is 17.5. The van der Waals surface area contributed by atoms with E-state index in [0.29, 0.717) is 18.5 Å². The van der Waals surface area contributed by atoms with Gasteiger partial charge in [0.1, 0.15) is 0 Å². The summed E-state index contributed by atoms with van der Waals surface area (Å²) < 4.78 is 28.3. The molecule has 0 saturated carbocycles. The molecule has 0 bridgehead atoms. The Labute approximate surface area is 174 Å². The van der Waals surface area contributed by atoms with Crippen LogP contribution in [0.4, 0.5) is 0 Å². The molecule has 1 atom stereocenters. The topological polar surface area (TPSA) is 58.4 Å². The van der Waals surface area contributed by atoms with E-state index < -0.39 is 9.84 Å². The van der Waals surface area contributed by atoms with Crippen molar-refractivity contribution >= 4 is 9.84 Å². The normalized spacial score (nSPS) is 21.0. The number of sulfone groups is 1. The van der Waals surface area contributed by atoms with E-state index in [-0.39, 0.29) is 10.9 Å². The number of piperazine rings is 1. The van der Waals surface area contributed by atoms with E-state index in [9.17, 15) is 8.42 Å². The van der Waals surface area contributed by atoms with Crippen LogP contribution in [-0.4, -0.2) is 60.0 Å². The first kappa shape index (κ1) is 20.6. The van der Waals surface area contributed by atoms with Crippen molar-refractivity contribution < 1.29 is 8.42 Å². The highest BCUT2D eigenvalue weighted by Crippen LogP contribution is 2.24. The van der Waals surface area contributed by atoms with Crippen molar-refractivity contribution in [3.8, 4) is 0 Å². The second-order valence-electron chi connectivity index (χ2n) is 8.85. The minimum absolute atomic E-state index is 0.0108. The summed E-state index contributed by atoms with van der Waals surface area (Å²) in [7, 11) is -3.50. The number of rotatable bonds is 7. The molecule has 0 amide bonds. The van der Waals surface area contributed by atoms with Crippen molar-refractivity contribution in [2.24, 2.45) is 5.92 Å². The zero-order valence-corrected chi connectivity index (χ0v) is 18.3. The van der Waals surface area contributed by atoms with Gasteiger partial charge in [-0.05, 0) is 30.9 Å². The molecule has 2 aliphatic heterocycles. The highest BCUT2D eigenvalue weighted by Gasteiger charge is 2.31. The van der Waals surface area contributed by atoms with Gasteiger partial charge in [-0.15, -0.1) is 0 Å². The Morgan fingerprint density at radius 3 is 2.69 bits per heavy atom. The highest BCUT2D eigenvalue weighted by atomic mass is 32.2. The number of imidazole rings is 1. The van der Waals surface area contributed by atoms with Crippen molar-refractivity contribution in [1.29, 1.82) is 0 Å². The van der Waals surface area contributed by atoms with Crippen molar-refractivity contribution in [3.05, 3.63) is 47.8 Å². The lowest BCUT2D eigenvalue weighted by Gasteiger charge is -2.37. The molecule has 0 radical (unpaired) electrons. The minimum atomic E-state index is -3.50. The molecule has 0 unspecified atom stereocenters. The fourth-order valence-corrected chi connectivity index (χ4v) is 6.11. The lowest BCUT2D eigenvalue weighted by atomic mass is 10.1. The van der Waals surface area contributed by atoms with Gasteiger partial charge in [-0.3, -0.25) is 9.80 Å². The van der Waals surface area contributed by atoms with Crippen molar-refractivity contribution in [1.82, 2.24) is 19.4 Å². The van der Waals surface area contributed by atoms with Crippen LogP contribution in [0.2, 0.25) is 0 Å². The predicted molar refractivity (Wildman–Crippen MR) is 114 cm³/mol. The maximum absolute atomic E-state index is 13.2. The SMILES string of the molecule is CC(C)Cn1c(CN2CCN3CCC[C@@H]3C2)cnc1S(=O)(=O)Cc1ccccc1. The van der Waals surface area contributed by atoms with Crippen LogP contribution in [-0.2, 0) is 28.7 Å². The Morgan fingerprint density at radius 2 is 1.93 bits per heavy atom. The van der Waals surface area contributed by atoms with E-state index >= 15 is 0 Å². The van der Waals surface area contributed by atoms with Crippen LogP contribution in [0.15, 0.2) is 41.7 Å². The molecule has 7 heteroatoms. The number of fused-ring (bicyclic) bond motifs is 1. The third-order valence-corrected chi connectivity index (χ3v) is 7.58. The van der Waals surface area contributed by atoms with Gasteiger partial charge in [0.2, 0.25) is 15.0 Å². The first-order valence-electron chi connectivity index (χ1n) is 10.7. The van der Waals surface area contributed by atoms with E-state index in [0.717, 1.165) is 37.4 Å². The van der Waals surface area contributed by atoms with E-state index in [1.54, 1.807) is 6.20 Å². The van der Waals surface area contributed by atoms with Crippen molar-refractivity contribution in [2.45, 2.75) is 56.7 Å². The third kappa shape index (κ3) is 4.73. The van der Waals surface area contributed by atoms with Crippen LogP contribution >= 0.6 is 0 Å². The summed E-state index contributed by atoms with van der Waals surface area (Å²) in [5, 5.41) is 0.213. The standard InChI is InChI=1S/C22H32N4O2S/c1-18(2)14-26-21(16-24-11-12-25-10-6-9-20(25)15-24)13-23-22(26)29(27,28)17-19-7-4-3-5-8-19/h3-5,7-8,13,18,20H,6,9-12,14-17H2,1-2H3/t20-/m1/s1. The summed E-state index contributed by atoms with van der Waals surface area (Å²) in [4.78, 5) is 9.47. The number of benzene rings is 1. The van der Waals surface area contributed by atoms with E-state index in [1.165, 1.54) is 19.4 Å². The number of aromatic nitrogens is 2. The Morgan fingerprint density at radius 1 is 1.14 bits per heavy atom. The summed E-state index contributed by atoms with van der Waals surface area (Å²) in [5.41, 5.74) is 1.81. The summed E-state index contributed by atoms with van der Waals surface area (Å²) in [5.74, 6) is 0.337. The van der Waals surface area contributed by atoms with E-state index in [2.05, 4.69) is 28.6 Å². The smallest absolute Gasteiger partial charge is 0.228 e. The monoisotopic (exact) mass is 416 g/mol.